The number of anilines is 1. The van der Waals surface area contributed by atoms with Crippen LogP contribution in [0.25, 0.3) is 10.9 Å². The number of rotatable bonds is 8. The molecule has 1 aliphatic carbocycles. The Morgan fingerprint density at radius 2 is 1.67 bits per heavy atom. The fourth-order valence-electron chi connectivity index (χ4n) is 5.44. The highest BCUT2D eigenvalue weighted by Gasteiger charge is 2.47. The quantitative estimate of drug-likeness (QED) is 0.431. The summed E-state index contributed by atoms with van der Waals surface area (Å²) in [6.07, 6.45) is 6.57. The zero-order valence-corrected chi connectivity index (χ0v) is 21.4. The predicted molar refractivity (Wildman–Crippen MR) is 143 cm³/mol. The molecule has 0 saturated heterocycles. The van der Waals surface area contributed by atoms with Gasteiger partial charge in [0.25, 0.3) is 0 Å². The molecule has 0 aliphatic heterocycles. The number of nitrogens with zero attached hydrogens (tertiary/aromatic N) is 1. The molecule has 1 saturated carbocycles. The Balaban J connectivity index is 1.67. The molecule has 1 aliphatic rings. The number of aromatic amines is 1. The van der Waals surface area contributed by atoms with E-state index in [-0.39, 0.29) is 24.3 Å². The third-order valence-electron chi connectivity index (χ3n) is 7.41. The molecular weight excluding hydrogens is 452 g/mol. The van der Waals surface area contributed by atoms with Crippen LogP contribution in [0, 0.1) is 13.8 Å². The highest BCUT2D eigenvalue weighted by Crippen LogP contribution is 2.36. The summed E-state index contributed by atoms with van der Waals surface area (Å²) in [6, 6.07) is 14.0. The summed E-state index contributed by atoms with van der Waals surface area (Å²) in [7, 11) is 0. The van der Waals surface area contributed by atoms with E-state index in [1.807, 2.05) is 56.4 Å². The van der Waals surface area contributed by atoms with E-state index in [0.717, 1.165) is 52.5 Å². The molecule has 36 heavy (non-hydrogen) atoms. The zero-order valence-electron chi connectivity index (χ0n) is 21.4. The van der Waals surface area contributed by atoms with Crippen molar-refractivity contribution in [1.29, 1.82) is 0 Å². The number of carbonyl (C=O) groups is 3. The second kappa shape index (κ2) is 11.0. The van der Waals surface area contributed by atoms with Gasteiger partial charge in [-0.05, 0) is 55.9 Å². The fraction of sp³-hybridized carbons (Fsp3) is 0.414. The number of aromatic nitrogens is 1. The number of fused-ring (bicyclic) bond motifs is 1. The first-order valence-corrected chi connectivity index (χ1v) is 12.8. The molecule has 190 valence electrons. The monoisotopic (exact) mass is 488 g/mol. The molecule has 0 spiro atoms. The molecule has 0 radical (unpaired) electrons. The van der Waals surface area contributed by atoms with Gasteiger partial charge in [0.05, 0.1) is 6.54 Å². The maximum Gasteiger partial charge on any atom is 0.250 e. The maximum absolute atomic E-state index is 14.1. The molecule has 0 bridgehead atoms. The van der Waals surface area contributed by atoms with Crippen LogP contribution in [0.3, 0.4) is 0 Å². The number of amides is 3. The van der Waals surface area contributed by atoms with Gasteiger partial charge in [-0.2, -0.15) is 0 Å². The normalized spacial score (nSPS) is 14.9. The minimum atomic E-state index is -0.964. The molecule has 0 atom stereocenters. The molecule has 3 amide bonds. The second-order valence-electron chi connectivity index (χ2n) is 9.88. The summed E-state index contributed by atoms with van der Waals surface area (Å²) < 4.78 is 0. The Labute approximate surface area is 212 Å². The van der Waals surface area contributed by atoms with Crippen LogP contribution in [0.1, 0.15) is 55.7 Å². The Bertz CT molecular complexity index is 1240. The van der Waals surface area contributed by atoms with Crippen LogP contribution >= 0.6 is 0 Å². The van der Waals surface area contributed by atoms with Gasteiger partial charge in [-0.25, -0.2) is 0 Å². The molecule has 3 N–H and O–H groups in total. The molecule has 7 nitrogen and oxygen atoms in total. The number of hydrogen-bond acceptors (Lipinski definition) is 3. The summed E-state index contributed by atoms with van der Waals surface area (Å²) in [6.45, 7) is 5.62. The number of hydrogen-bond donors (Lipinski definition) is 3. The van der Waals surface area contributed by atoms with E-state index in [1.54, 1.807) is 4.90 Å². The van der Waals surface area contributed by atoms with Crippen molar-refractivity contribution in [1.82, 2.24) is 15.2 Å². The predicted octanol–water partition coefficient (Wildman–Crippen LogP) is 4.63. The second-order valence-corrected chi connectivity index (χ2v) is 9.88. The van der Waals surface area contributed by atoms with E-state index < -0.39 is 5.54 Å². The van der Waals surface area contributed by atoms with Gasteiger partial charge in [0.15, 0.2) is 0 Å². The average molecular weight is 489 g/mol. The summed E-state index contributed by atoms with van der Waals surface area (Å²) in [5.74, 6) is -0.643. The molecule has 4 rings (SSSR count). The molecule has 1 heterocycles. The van der Waals surface area contributed by atoms with Crippen molar-refractivity contribution in [2.45, 2.75) is 64.8 Å². The maximum atomic E-state index is 14.1. The van der Waals surface area contributed by atoms with E-state index in [4.69, 9.17) is 0 Å². The average Bonchev–Trinajstić information content (AvgIpc) is 3.28. The number of nitrogens with one attached hydrogen (secondary N) is 3. The smallest absolute Gasteiger partial charge is 0.250 e. The van der Waals surface area contributed by atoms with Gasteiger partial charge in [-0.3, -0.25) is 14.4 Å². The molecule has 0 unspecified atom stereocenters. The van der Waals surface area contributed by atoms with E-state index >= 15 is 0 Å². The SMILES string of the molecule is CC(=O)NCC(=O)N(CCc1c[nH]c2ccccc12)C1(C(=O)Nc2c(C)cccc2C)CCCCC1. The van der Waals surface area contributed by atoms with Crippen molar-refractivity contribution in [2.75, 3.05) is 18.4 Å². The summed E-state index contributed by atoms with van der Waals surface area (Å²) in [4.78, 5) is 44.3. The lowest BCUT2D eigenvalue weighted by Gasteiger charge is -2.45. The molecule has 1 fully saturated rings. The number of aryl methyl sites for hydroxylation is 2. The Morgan fingerprint density at radius 1 is 0.972 bits per heavy atom. The summed E-state index contributed by atoms with van der Waals surface area (Å²) in [5, 5.41) is 6.94. The van der Waals surface area contributed by atoms with Crippen molar-refractivity contribution in [2.24, 2.45) is 0 Å². The van der Waals surface area contributed by atoms with Gasteiger partial charge in [0.2, 0.25) is 17.7 Å². The van der Waals surface area contributed by atoms with Crippen LogP contribution in [0.4, 0.5) is 5.69 Å². The van der Waals surface area contributed by atoms with Crippen LogP contribution in [0.15, 0.2) is 48.7 Å². The topological polar surface area (TPSA) is 94.3 Å². The summed E-state index contributed by atoms with van der Waals surface area (Å²) in [5.41, 5.74) is 3.97. The first-order chi connectivity index (χ1) is 17.3. The van der Waals surface area contributed by atoms with Gasteiger partial charge in [0.1, 0.15) is 5.54 Å². The van der Waals surface area contributed by atoms with Crippen LogP contribution in [-0.4, -0.2) is 46.2 Å². The van der Waals surface area contributed by atoms with Crippen molar-refractivity contribution in [3.05, 3.63) is 65.4 Å². The van der Waals surface area contributed by atoms with Crippen molar-refractivity contribution in [3.63, 3.8) is 0 Å². The van der Waals surface area contributed by atoms with Crippen LogP contribution < -0.4 is 10.6 Å². The third-order valence-corrected chi connectivity index (χ3v) is 7.41. The molecule has 7 heteroatoms. The number of benzene rings is 2. The molecule has 3 aromatic rings. The van der Waals surface area contributed by atoms with Crippen molar-refractivity contribution >= 4 is 34.3 Å². The minimum absolute atomic E-state index is 0.123. The van der Waals surface area contributed by atoms with E-state index in [1.165, 1.54) is 6.92 Å². The first kappa shape index (κ1) is 25.5. The standard InChI is InChI=1S/C29H36N4O3/c1-20-10-9-11-21(2)27(20)32-28(36)29(15-7-4-8-16-29)33(26(35)19-30-22(3)34)17-14-23-18-31-25-13-6-5-12-24(23)25/h5-6,9-13,18,31H,4,7-8,14-17,19H2,1-3H3,(H,30,34)(H,32,36). The van der Waals surface area contributed by atoms with Crippen molar-refractivity contribution < 1.29 is 14.4 Å². The highest BCUT2D eigenvalue weighted by molar-refractivity contribution is 6.02. The lowest BCUT2D eigenvalue weighted by atomic mass is 9.78. The van der Waals surface area contributed by atoms with Crippen LogP contribution in [0.5, 0.6) is 0 Å². The molecule has 2 aromatic carbocycles. The van der Waals surface area contributed by atoms with Crippen LogP contribution in [-0.2, 0) is 20.8 Å². The minimum Gasteiger partial charge on any atom is -0.361 e. The van der Waals surface area contributed by atoms with Gasteiger partial charge in [-0.15, -0.1) is 0 Å². The van der Waals surface area contributed by atoms with Gasteiger partial charge in [0, 0.05) is 36.3 Å². The number of carbonyl (C=O) groups excluding carboxylic acids is 3. The Morgan fingerprint density at radius 3 is 2.36 bits per heavy atom. The van der Waals surface area contributed by atoms with Gasteiger partial charge in [-0.1, -0.05) is 55.7 Å². The molecule has 1 aromatic heterocycles. The first-order valence-electron chi connectivity index (χ1n) is 12.8. The Kier molecular flexibility index (Phi) is 7.77. The highest BCUT2D eigenvalue weighted by atomic mass is 16.2. The van der Waals surface area contributed by atoms with E-state index in [9.17, 15) is 14.4 Å². The van der Waals surface area contributed by atoms with Gasteiger partial charge < -0.3 is 20.5 Å². The zero-order chi connectivity index (χ0) is 25.7. The van der Waals surface area contributed by atoms with Gasteiger partial charge >= 0.3 is 0 Å². The molecular formula is C29H36N4O3. The number of para-hydroxylation sites is 2. The van der Waals surface area contributed by atoms with E-state index in [0.29, 0.717) is 25.8 Å². The lowest BCUT2D eigenvalue weighted by Crippen LogP contribution is -2.62. The Hall–Kier alpha value is -3.61. The number of H-pyrrole nitrogens is 1. The van der Waals surface area contributed by atoms with Crippen molar-refractivity contribution in [3.8, 4) is 0 Å². The third kappa shape index (κ3) is 5.30. The fourth-order valence-corrected chi connectivity index (χ4v) is 5.44. The largest absolute Gasteiger partial charge is 0.361 e. The lowest BCUT2D eigenvalue weighted by molar-refractivity contribution is -0.147. The van der Waals surface area contributed by atoms with E-state index in [2.05, 4.69) is 21.7 Å². The summed E-state index contributed by atoms with van der Waals surface area (Å²) >= 11 is 0. The van der Waals surface area contributed by atoms with Crippen LogP contribution in [0.2, 0.25) is 0 Å².